The number of methoxy groups -OCH3 is 1. The Hall–Kier alpha value is -1.44. The van der Waals surface area contributed by atoms with Crippen LogP contribution in [0.25, 0.3) is 0 Å². The molecule has 1 saturated carbocycles. The maximum absolute atomic E-state index is 12.2. The molecule has 0 amide bonds. The van der Waals surface area contributed by atoms with Crippen LogP contribution in [0.2, 0.25) is 0 Å². The van der Waals surface area contributed by atoms with Gasteiger partial charge in [-0.05, 0) is 12.8 Å². The second kappa shape index (κ2) is 7.29. The SMILES string of the molecule is COCCn1ccnc1CN1C[C@H]2CN(C3CCCC3)C[C@@]2(C(=O)O)C1. The van der Waals surface area contributed by atoms with E-state index >= 15 is 0 Å². The zero-order chi connectivity index (χ0) is 18.1. The molecule has 3 aliphatic rings. The minimum Gasteiger partial charge on any atom is -0.481 e. The van der Waals surface area contributed by atoms with Crippen molar-refractivity contribution in [3.8, 4) is 0 Å². The quantitative estimate of drug-likeness (QED) is 0.788. The molecule has 2 saturated heterocycles. The fourth-order valence-corrected chi connectivity index (χ4v) is 5.26. The highest BCUT2D eigenvalue weighted by Crippen LogP contribution is 2.45. The summed E-state index contributed by atoms with van der Waals surface area (Å²) in [4.78, 5) is 21.5. The van der Waals surface area contributed by atoms with Crippen molar-refractivity contribution in [2.24, 2.45) is 11.3 Å². The van der Waals surface area contributed by atoms with Crippen molar-refractivity contribution in [2.45, 2.75) is 44.8 Å². The van der Waals surface area contributed by atoms with Gasteiger partial charge in [0.25, 0.3) is 0 Å². The van der Waals surface area contributed by atoms with Crippen molar-refractivity contribution in [1.29, 1.82) is 0 Å². The Morgan fingerprint density at radius 1 is 1.35 bits per heavy atom. The van der Waals surface area contributed by atoms with Gasteiger partial charge in [0.05, 0.1) is 18.6 Å². The predicted octanol–water partition coefficient (Wildman–Crippen LogP) is 1.29. The summed E-state index contributed by atoms with van der Waals surface area (Å²) in [5, 5.41) is 10.1. The number of hydrogen-bond acceptors (Lipinski definition) is 5. The molecule has 2 atom stereocenters. The molecule has 26 heavy (non-hydrogen) atoms. The van der Waals surface area contributed by atoms with E-state index in [9.17, 15) is 9.90 Å². The van der Waals surface area contributed by atoms with Gasteiger partial charge in [0.2, 0.25) is 0 Å². The van der Waals surface area contributed by atoms with Crippen LogP contribution in [0.1, 0.15) is 31.5 Å². The van der Waals surface area contributed by atoms with Crippen molar-refractivity contribution in [3.05, 3.63) is 18.2 Å². The van der Waals surface area contributed by atoms with E-state index in [-0.39, 0.29) is 5.92 Å². The van der Waals surface area contributed by atoms with Gasteiger partial charge in [0.15, 0.2) is 0 Å². The number of aliphatic carboxylic acids is 1. The smallest absolute Gasteiger partial charge is 0.312 e. The number of ether oxygens (including phenoxy) is 1. The van der Waals surface area contributed by atoms with Crippen molar-refractivity contribution in [3.63, 3.8) is 0 Å². The second-order valence-electron chi connectivity index (χ2n) is 8.23. The molecule has 0 unspecified atom stereocenters. The minimum absolute atomic E-state index is 0.225. The number of imidazole rings is 1. The number of nitrogens with zero attached hydrogens (tertiary/aromatic N) is 4. The number of carboxylic acids is 1. The third-order valence-corrected chi connectivity index (χ3v) is 6.68. The Kier molecular flexibility index (Phi) is 5.03. The van der Waals surface area contributed by atoms with Gasteiger partial charge >= 0.3 is 5.97 Å². The standard InChI is InChI=1S/C19H30N4O3/c1-26-9-8-22-7-6-20-17(22)12-21-10-15-11-23(16-4-2-3-5-16)14-19(15,13-21)18(24)25/h6-7,15-16H,2-5,8-14H2,1H3,(H,24,25)/t15-,19-/m0/s1. The molecular weight excluding hydrogens is 332 g/mol. The zero-order valence-corrected chi connectivity index (χ0v) is 15.6. The topological polar surface area (TPSA) is 70.8 Å². The number of aromatic nitrogens is 2. The third kappa shape index (κ3) is 3.17. The van der Waals surface area contributed by atoms with Gasteiger partial charge in [-0.3, -0.25) is 14.6 Å². The number of fused-ring (bicyclic) bond motifs is 1. The lowest BCUT2D eigenvalue weighted by molar-refractivity contribution is -0.149. The van der Waals surface area contributed by atoms with Gasteiger partial charge in [0, 0.05) is 64.2 Å². The molecule has 1 aromatic heterocycles. The van der Waals surface area contributed by atoms with E-state index < -0.39 is 11.4 Å². The molecule has 1 aliphatic carbocycles. The van der Waals surface area contributed by atoms with E-state index in [1.54, 1.807) is 7.11 Å². The van der Waals surface area contributed by atoms with E-state index in [0.29, 0.717) is 32.3 Å². The van der Waals surface area contributed by atoms with Crippen molar-refractivity contribution in [1.82, 2.24) is 19.4 Å². The van der Waals surface area contributed by atoms with Crippen molar-refractivity contribution < 1.29 is 14.6 Å². The lowest BCUT2D eigenvalue weighted by Gasteiger charge is -2.28. The van der Waals surface area contributed by atoms with Crippen LogP contribution in [0, 0.1) is 11.3 Å². The van der Waals surface area contributed by atoms with Crippen LogP contribution >= 0.6 is 0 Å². The van der Waals surface area contributed by atoms with Crippen LogP contribution < -0.4 is 0 Å². The molecule has 0 radical (unpaired) electrons. The number of rotatable bonds is 7. The summed E-state index contributed by atoms with van der Waals surface area (Å²) < 4.78 is 7.27. The van der Waals surface area contributed by atoms with Gasteiger partial charge in [-0.1, -0.05) is 12.8 Å². The summed E-state index contributed by atoms with van der Waals surface area (Å²) in [6, 6.07) is 0.609. The first kappa shape index (κ1) is 17.9. The average Bonchev–Trinajstić information content (AvgIpc) is 3.36. The molecule has 1 aromatic rings. The molecule has 7 heteroatoms. The van der Waals surface area contributed by atoms with Crippen LogP contribution in [-0.4, -0.2) is 76.4 Å². The highest BCUT2D eigenvalue weighted by molar-refractivity contribution is 5.77. The Morgan fingerprint density at radius 3 is 2.85 bits per heavy atom. The molecule has 7 nitrogen and oxygen atoms in total. The summed E-state index contributed by atoms with van der Waals surface area (Å²) in [6.45, 7) is 5.29. The first-order chi connectivity index (χ1) is 12.6. The van der Waals surface area contributed by atoms with Crippen LogP contribution in [0.15, 0.2) is 12.4 Å². The molecule has 1 N–H and O–H groups in total. The van der Waals surface area contributed by atoms with E-state index in [2.05, 4.69) is 19.4 Å². The number of hydrogen-bond donors (Lipinski definition) is 1. The molecular formula is C19H30N4O3. The Balaban J connectivity index is 1.43. The minimum atomic E-state index is -0.617. The molecule has 0 bridgehead atoms. The highest BCUT2D eigenvalue weighted by atomic mass is 16.5. The van der Waals surface area contributed by atoms with Gasteiger partial charge in [-0.25, -0.2) is 4.98 Å². The average molecular weight is 362 g/mol. The molecule has 3 heterocycles. The van der Waals surface area contributed by atoms with Crippen molar-refractivity contribution >= 4 is 5.97 Å². The Labute approximate surface area is 154 Å². The first-order valence-corrected chi connectivity index (χ1v) is 9.81. The third-order valence-electron chi connectivity index (χ3n) is 6.68. The van der Waals surface area contributed by atoms with Gasteiger partial charge in [0.1, 0.15) is 5.82 Å². The first-order valence-electron chi connectivity index (χ1n) is 9.81. The van der Waals surface area contributed by atoms with Gasteiger partial charge in [-0.15, -0.1) is 0 Å². The molecule has 0 spiro atoms. The molecule has 144 valence electrons. The molecule has 2 aliphatic heterocycles. The van der Waals surface area contributed by atoms with E-state index in [4.69, 9.17) is 4.74 Å². The molecule has 3 fully saturated rings. The maximum Gasteiger partial charge on any atom is 0.312 e. The van der Waals surface area contributed by atoms with Crippen LogP contribution in [0.3, 0.4) is 0 Å². The second-order valence-corrected chi connectivity index (χ2v) is 8.23. The fourth-order valence-electron chi connectivity index (χ4n) is 5.26. The van der Waals surface area contributed by atoms with Gasteiger partial charge < -0.3 is 14.4 Å². The fraction of sp³-hybridized carbons (Fsp3) is 0.789. The van der Waals surface area contributed by atoms with E-state index in [0.717, 1.165) is 25.5 Å². The maximum atomic E-state index is 12.2. The summed E-state index contributed by atoms with van der Waals surface area (Å²) in [5.41, 5.74) is -0.605. The summed E-state index contributed by atoms with van der Waals surface area (Å²) in [5.74, 6) is 0.603. The monoisotopic (exact) mass is 362 g/mol. The van der Waals surface area contributed by atoms with E-state index in [1.165, 1.54) is 25.7 Å². The highest BCUT2D eigenvalue weighted by Gasteiger charge is 2.58. The Morgan fingerprint density at radius 2 is 2.15 bits per heavy atom. The van der Waals surface area contributed by atoms with Crippen LogP contribution in [0.5, 0.6) is 0 Å². The Bertz CT molecular complexity index is 642. The zero-order valence-electron chi connectivity index (χ0n) is 15.6. The summed E-state index contributed by atoms with van der Waals surface area (Å²) in [7, 11) is 1.70. The summed E-state index contributed by atoms with van der Waals surface area (Å²) in [6.07, 6.45) is 8.85. The number of likely N-dealkylation sites (tertiary alicyclic amines) is 2. The van der Waals surface area contributed by atoms with Crippen LogP contribution in [0.4, 0.5) is 0 Å². The number of carbonyl (C=O) groups is 1. The lowest BCUT2D eigenvalue weighted by Crippen LogP contribution is -2.42. The summed E-state index contributed by atoms with van der Waals surface area (Å²) >= 11 is 0. The number of carboxylic acid groups (broad SMARTS) is 1. The van der Waals surface area contributed by atoms with Gasteiger partial charge in [-0.2, -0.15) is 0 Å². The largest absolute Gasteiger partial charge is 0.481 e. The van der Waals surface area contributed by atoms with Crippen molar-refractivity contribution in [2.75, 3.05) is 39.9 Å². The lowest BCUT2D eigenvalue weighted by atomic mass is 9.81. The van der Waals surface area contributed by atoms with E-state index in [1.807, 2.05) is 12.4 Å². The molecule has 0 aromatic carbocycles. The normalized spacial score (nSPS) is 30.3. The van der Waals surface area contributed by atoms with Crippen LogP contribution in [-0.2, 0) is 22.6 Å². The molecule has 4 rings (SSSR count). The predicted molar refractivity (Wildman–Crippen MR) is 96.8 cm³/mol.